The van der Waals surface area contributed by atoms with Crippen LogP contribution < -0.4 is 4.90 Å². The molecule has 1 fully saturated rings. The average molecular weight is 277 g/mol. The molecule has 1 aliphatic heterocycles. The summed E-state index contributed by atoms with van der Waals surface area (Å²) >= 11 is 2.02. The number of rotatable bonds is 3. The highest BCUT2D eigenvalue weighted by Gasteiger charge is 2.26. The molecule has 0 aliphatic carbocycles. The molecule has 2 rings (SSSR count). The van der Waals surface area contributed by atoms with Gasteiger partial charge in [-0.15, -0.1) is 0 Å². The van der Waals surface area contributed by atoms with Crippen molar-refractivity contribution in [1.82, 2.24) is 0 Å². The molecule has 4 heteroatoms. The lowest BCUT2D eigenvalue weighted by Crippen LogP contribution is -2.43. The SMILES string of the molecule is CC1(C)CN(c2ccc(/C=C/C(=O)O)cc2)CCS1. The molecule has 0 spiro atoms. The molecule has 0 saturated carbocycles. The van der Waals surface area contributed by atoms with Crippen LogP contribution >= 0.6 is 11.8 Å². The van der Waals surface area contributed by atoms with E-state index in [9.17, 15) is 4.79 Å². The molecular weight excluding hydrogens is 258 g/mol. The van der Waals surface area contributed by atoms with E-state index < -0.39 is 5.97 Å². The monoisotopic (exact) mass is 277 g/mol. The van der Waals surface area contributed by atoms with Gasteiger partial charge in [-0.05, 0) is 37.6 Å². The van der Waals surface area contributed by atoms with Gasteiger partial charge in [0.25, 0.3) is 0 Å². The molecule has 0 amide bonds. The van der Waals surface area contributed by atoms with Gasteiger partial charge in [-0.3, -0.25) is 0 Å². The topological polar surface area (TPSA) is 40.5 Å². The molecule has 3 nitrogen and oxygen atoms in total. The summed E-state index contributed by atoms with van der Waals surface area (Å²) in [6.45, 7) is 6.65. The third-order valence-corrected chi connectivity index (χ3v) is 4.40. The van der Waals surface area contributed by atoms with E-state index >= 15 is 0 Å². The van der Waals surface area contributed by atoms with Gasteiger partial charge in [0, 0.05) is 35.4 Å². The Hall–Kier alpha value is -1.42. The van der Waals surface area contributed by atoms with Crippen molar-refractivity contribution in [3.05, 3.63) is 35.9 Å². The maximum absolute atomic E-state index is 10.5. The number of hydrogen-bond acceptors (Lipinski definition) is 3. The second-order valence-electron chi connectivity index (χ2n) is 5.29. The van der Waals surface area contributed by atoms with E-state index in [1.807, 2.05) is 23.9 Å². The molecule has 1 heterocycles. The number of thioether (sulfide) groups is 1. The summed E-state index contributed by atoms with van der Waals surface area (Å²) in [5.74, 6) is 0.229. The number of nitrogens with zero attached hydrogens (tertiary/aromatic N) is 1. The van der Waals surface area contributed by atoms with Gasteiger partial charge >= 0.3 is 5.97 Å². The maximum Gasteiger partial charge on any atom is 0.328 e. The molecule has 0 unspecified atom stereocenters. The van der Waals surface area contributed by atoms with Crippen molar-refractivity contribution in [2.45, 2.75) is 18.6 Å². The van der Waals surface area contributed by atoms with E-state index in [4.69, 9.17) is 5.11 Å². The molecule has 19 heavy (non-hydrogen) atoms. The molecular formula is C15H19NO2S. The van der Waals surface area contributed by atoms with Crippen LogP contribution in [0.15, 0.2) is 30.3 Å². The second-order valence-corrected chi connectivity index (χ2v) is 7.09. The van der Waals surface area contributed by atoms with Gasteiger partial charge in [-0.25, -0.2) is 4.79 Å². The zero-order valence-corrected chi connectivity index (χ0v) is 12.1. The van der Waals surface area contributed by atoms with E-state index in [0.717, 1.165) is 30.5 Å². The fraction of sp³-hybridized carbons (Fsp3) is 0.400. The minimum absolute atomic E-state index is 0.292. The lowest BCUT2D eigenvalue weighted by Gasteiger charge is -2.39. The molecule has 0 atom stereocenters. The summed E-state index contributed by atoms with van der Waals surface area (Å²) in [6.07, 6.45) is 2.78. The van der Waals surface area contributed by atoms with Crippen molar-refractivity contribution in [3.8, 4) is 0 Å². The van der Waals surface area contributed by atoms with Gasteiger partial charge in [-0.1, -0.05) is 12.1 Å². The fourth-order valence-corrected chi connectivity index (χ4v) is 3.31. The standard InChI is InChI=1S/C15H19NO2S/c1-15(2)11-16(9-10-19-15)13-6-3-12(4-7-13)5-8-14(17)18/h3-8H,9-11H2,1-2H3,(H,17,18)/b8-5+. The van der Waals surface area contributed by atoms with Crippen LogP contribution in [0.1, 0.15) is 19.4 Å². The Morgan fingerprint density at radius 3 is 2.63 bits per heavy atom. The largest absolute Gasteiger partial charge is 0.478 e. The van der Waals surface area contributed by atoms with Crippen molar-refractivity contribution in [1.29, 1.82) is 0 Å². The fourth-order valence-electron chi connectivity index (χ4n) is 2.20. The molecule has 1 aromatic rings. The number of carbonyl (C=O) groups is 1. The highest BCUT2D eigenvalue weighted by molar-refractivity contribution is 8.00. The summed E-state index contributed by atoms with van der Waals surface area (Å²) in [5, 5.41) is 8.59. The van der Waals surface area contributed by atoms with Crippen molar-refractivity contribution in [2.24, 2.45) is 0 Å². The number of carboxylic acids is 1. The van der Waals surface area contributed by atoms with Gasteiger partial charge in [0.2, 0.25) is 0 Å². The Balaban J connectivity index is 2.08. The first-order valence-corrected chi connectivity index (χ1v) is 7.35. The quantitative estimate of drug-likeness (QED) is 0.862. The van der Waals surface area contributed by atoms with Gasteiger partial charge in [0.05, 0.1) is 0 Å². The maximum atomic E-state index is 10.5. The van der Waals surface area contributed by atoms with E-state index in [0.29, 0.717) is 4.75 Å². The number of aliphatic carboxylic acids is 1. The Bertz CT molecular complexity index is 479. The molecule has 0 aromatic heterocycles. The minimum atomic E-state index is -0.918. The van der Waals surface area contributed by atoms with E-state index in [2.05, 4.69) is 30.9 Å². The van der Waals surface area contributed by atoms with Crippen LogP contribution in [-0.4, -0.2) is 34.7 Å². The van der Waals surface area contributed by atoms with Crippen LogP contribution in [0.2, 0.25) is 0 Å². The predicted octanol–water partition coefficient (Wildman–Crippen LogP) is 3.12. The summed E-state index contributed by atoms with van der Waals surface area (Å²) < 4.78 is 0.292. The lowest BCUT2D eigenvalue weighted by atomic mass is 10.1. The molecule has 0 radical (unpaired) electrons. The smallest absolute Gasteiger partial charge is 0.328 e. The Morgan fingerprint density at radius 2 is 2.05 bits per heavy atom. The predicted molar refractivity (Wildman–Crippen MR) is 81.9 cm³/mol. The summed E-state index contributed by atoms with van der Waals surface area (Å²) in [7, 11) is 0. The normalized spacial score (nSPS) is 18.7. The van der Waals surface area contributed by atoms with Gasteiger partial charge in [-0.2, -0.15) is 11.8 Å². The highest BCUT2D eigenvalue weighted by Crippen LogP contribution is 2.32. The van der Waals surface area contributed by atoms with Gasteiger partial charge < -0.3 is 10.0 Å². The van der Waals surface area contributed by atoms with Crippen LogP contribution in [0.3, 0.4) is 0 Å². The number of carboxylic acid groups (broad SMARTS) is 1. The van der Waals surface area contributed by atoms with Crippen molar-refractivity contribution in [3.63, 3.8) is 0 Å². The zero-order valence-electron chi connectivity index (χ0n) is 11.3. The first-order chi connectivity index (χ1) is 8.96. The van der Waals surface area contributed by atoms with Crippen molar-refractivity contribution >= 4 is 29.5 Å². The van der Waals surface area contributed by atoms with E-state index in [1.165, 1.54) is 5.69 Å². The van der Waals surface area contributed by atoms with E-state index in [-0.39, 0.29) is 0 Å². The minimum Gasteiger partial charge on any atom is -0.478 e. The number of hydrogen-bond donors (Lipinski definition) is 1. The highest BCUT2D eigenvalue weighted by atomic mass is 32.2. The molecule has 1 aromatic carbocycles. The van der Waals surface area contributed by atoms with Crippen molar-refractivity contribution in [2.75, 3.05) is 23.7 Å². The Morgan fingerprint density at radius 1 is 1.37 bits per heavy atom. The van der Waals surface area contributed by atoms with Gasteiger partial charge in [0.15, 0.2) is 0 Å². The van der Waals surface area contributed by atoms with Crippen LogP contribution in [0, 0.1) is 0 Å². The van der Waals surface area contributed by atoms with Crippen LogP contribution in [0.5, 0.6) is 0 Å². The first-order valence-electron chi connectivity index (χ1n) is 6.36. The van der Waals surface area contributed by atoms with Gasteiger partial charge in [0.1, 0.15) is 0 Å². The van der Waals surface area contributed by atoms with Crippen LogP contribution in [0.4, 0.5) is 5.69 Å². The lowest BCUT2D eigenvalue weighted by molar-refractivity contribution is -0.131. The number of benzene rings is 1. The zero-order chi connectivity index (χ0) is 13.9. The van der Waals surface area contributed by atoms with Crippen LogP contribution in [0.25, 0.3) is 6.08 Å². The number of anilines is 1. The molecule has 1 aliphatic rings. The summed E-state index contributed by atoms with van der Waals surface area (Å²) in [5.41, 5.74) is 2.12. The van der Waals surface area contributed by atoms with Crippen LogP contribution in [-0.2, 0) is 4.79 Å². The Kier molecular flexibility index (Phi) is 4.20. The molecule has 0 bridgehead atoms. The third-order valence-electron chi connectivity index (χ3n) is 3.10. The average Bonchev–Trinajstić information content (AvgIpc) is 2.36. The third kappa shape index (κ3) is 4.03. The first kappa shape index (κ1) is 14.0. The molecule has 102 valence electrons. The Labute approximate surface area is 118 Å². The second kappa shape index (κ2) is 5.70. The molecule has 1 saturated heterocycles. The summed E-state index contributed by atoms with van der Waals surface area (Å²) in [6, 6.07) is 8.05. The van der Waals surface area contributed by atoms with Crippen molar-refractivity contribution < 1.29 is 9.90 Å². The van der Waals surface area contributed by atoms with E-state index in [1.54, 1.807) is 6.08 Å². The summed E-state index contributed by atoms with van der Waals surface area (Å²) in [4.78, 5) is 12.9. The molecule has 1 N–H and O–H groups in total.